The van der Waals surface area contributed by atoms with E-state index in [-0.39, 0.29) is 34.0 Å². The van der Waals surface area contributed by atoms with Crippen molar-refractivity contribution in [2.75, 3.05) is 65.7 Å². The lowest BCUT2D eigenvalue weighted by molar-refractivity contribution is -0.970. The van der Waals surface area contributed by atoms with E-state index in [9.17, 15) is 0 Å². The summed E-state index contributed by atoms with van der Waals surface area (Å²) in [5, 5.41) is 0. The average molecular weight is 566 g/mol. The van der Waals surface area contributed by atoms with Gasteiger partial charge in [0.25, 0.3) is 0 Å². The molecule has 0 N–H and O–H groups in total. The van der Waals surface area contributed by atoms with Crippen LogP contribution in [0.4, 0.5) is 0 Å². The normalized spacial score (nSPS) is 32.1. The molecule has 4 bridgehead atoms. The predicted octanol–water partition coefficient (Wildman–Crippen LogP) is -2.63. The Hall–Kier alpha value is -0.760. The Morgan fingerprint density at radius 3 is 1.34 bits per heavy atom. The number of halogens is 2. The lowest BCUT2D eigenvalue weighted by Gasteiger charge is -2.51. The van der Waals surface area contributed by atoms with Crippen LogP contribution in [0.15, 0.2) is 60.7 Å². The highest BCUT2D eigenvalue weighted by atomic mass is 79.9. The van der Waals surface area contributed by atoms with Crippen molar-refractivity contribution in [1.29, 1.82) is 0 Å². The SMILES string of the molecule is [Br-].[Br-].c1ccc(C[N+]23CCCN(CC[N+]4(Cc5ccccc5)CCCN(CC2)C4)C3)cc1. The van der Waals surface area contributed by atoms with Gasteiger partial charge in [0.15, 0.2) is 0 Å². The number of benzene rings is 2. The zero-order valence-corrected chi connectivity index (χ0v) is 22.4. The van der Waals surface area contributed by atoms with Gasteiger partial charge in [-0.1, -0.05) is 60.7 Å². The number of quaternary nitrogens is 2. The third-order valence-corrected chi connectivity index (χ3v) is 7.72. The van der Waals surface area contributed by atoms with Gasteiger partial charge in [-0.3, -0.25) is 9.80 Å². The van der Waals surface area contributed by atoms with Crippen LogP contribution in [-0.2, 0) is 13.1 Å². The van der Waals surface area contributed by atoms with Crippen molar-refractivity contribution in [1.82, 2.24) is 9.80 Å². The minimum absolute atomic E-state index is 0. The first kappa shape index (κ1) is 25.9. The Bertz CT molecular complexity index is 752. The molecule has 3 aliphatic heterocycles. The van der Waals surface area contributed by atoms with E-state index in [1.807, 2.05) is 0 Å². The fraction of sp³-hybridized carbons (Fsp3) is 0.538. The average Bonchev–Trinajstić information content (AvgIpc) is 2.78. The Balaban J connectivity index is 0.00000144. The molecule has 6 heteroatoms. The highest BCUT2D eigenvalue weighted by Crippen LogP contribution is 2.26. The summed E-state index contributed by atoms with van der Waals surface area (Å²) in [5.74, 6) is 0. The van der Waals surface area contributed by atoms with Crippen LogP contribution in [-0.4, -0.2) is 84.5 Å². The molecule has 2 aromatic carbocycles. The number of rotatable bonds is 4. The monoisotopic (exact) mass is 564 g/mol. The number of hydrogen-bond donors (Lipinski definition) is 0. The molecular formula is C26H38Br2N4. The summed E-state index contributed by atoms with van der Waals surface area (Å²) < 4.78 is 2.50. The molecule has 176 valence electrons. The van der Waals surface area contributed by atoms with Gasteiger partial charge in [-0.25, -0.2) is 0 Å². The molecule has 5 rings (SSSR count). The van der Waals surface area contributed by atoms with Crippen LogP contribution in [0, 0.1) is 0 Å². The zero-order valence-electron chi connectivity index (χ0n) is 19.2. The van der Waals surface area contributed by atoms with Gasteiger partial charge in [-0.15, -0.1) is 0 Å². The molecular weight excluding hydrogens is 528 g/mol. The molecule has 0 aliphatic carbocycles. The Labute approximate surface area is 215 Å². The highest BCUT2D eigenvalue weighted by molar-refractivity contribution is 5.14. The van der Waals surface area contributed by atoms with Crippen LogP contribution >= 0.6 is 0 Å². The molecule has 0 radical (unpaired) electrons. The summed E-state index contributed by atoms with van der Waals surface area (Å²) in [5.41, 5.74) is 3.01. The maximum absolute atomic E-state index is 2.79. The topological polar surface area (TPSA) is 6.48 Å². The molecule has 4 atom stereocenters. The van der Waals surface area contributed by atoms with Crippen molar-refractivity contribution >= 4 is 0 Å². The summed E-state index contributed by atoms with van der Waals surface area (Å²) in [4.78, 5) is 5.59. The van der Waals surface area contributed by atoms with E-state index < -0.39 is 0 Å². The minimum Gasteiger partial charge on any atom is -1.00 e. The van der Waals surface area contributed by atoms with Gasteiger partial charge in [-0.2, -0.15) is 0 Å². The van der Waals surface area contributed by atoms with Crippen molar-refractivity contribution in [2.24, 2.45) is 0 Å². The summed E-state index contributed by atoms with van der Waals surface area (Å²) in [7, 11) is 0. The summed E-state index contributed by atoms with van der Waals surface area (Å²) in [6.45, 7) is 15.1. The van der Waals surface area contributed by atoms with Crippen LogP contribution in [0.1, 0.15) is 24.0 Å². The second-order valence-electron chi connectivity index (χ2n) is 10.1. The van der Waals surface area contributed by atoms with Crippen molar-refractivity contribution in [3.8, 4) is 0 Å². The standard InChI is InChI=1S/C26H38N4.2BrH/c1-3-9-25(10-4-1)21-29-17-7-13-27(23-29)16-20-30(22-26-11-5-2-6-12-26)18-8-14-28(24-30)15-19-29;;/h1-6,9-12H,7-8,13-24H2;2*1H/q+2;;/p-2. The Morgan fingerprint density at radius 1 is 0.531 bits per heavy atom. The number of nitrogens with zero attached hydrogens (tertiary/aromatic N) is 4. The second-order valence-corrected chi connectivity index (χ2v) is 10.1. The van der Waals surface area contributed by atoms with Crippen LogP contribution in [0.25, 0.3) is 0 Å². The molecule has 4 nitrogen and oxygen atoms in total. The van der Waals surface area contributed by atoms with Gasteiger partial charge >= 0.3 is 0 Å². The molecule has 0 amide bonds. The van der Waals surface area contributed by atoms with Gasteiger partial charge in [0.05, 0.1) is 39.3 Å². The minimum atomic E-state index is 0. The molecule has 3 aliphatic rings. The maximum Gasteiger partial charge on any atom is 0.135 e. The summed E-state index contributed by atoms with van der Waals surface area (Å²) in [6.07, 6.45) is 2.68. The van der Waals surface area contributed by atoms with E-state index in [1.54, 1.807) is 0 Å². The highest BCUT2D eigenvalue weighted by Gasteiger charge is 2.40. The molecule has 0 spiro atoms. The Morgan fingerprint density at radius 2 is 0.938 bits per heavy atom. The number of fused-ring (bicyclic) bond motifs is 4. The predicted molar refractivity (Wildman–Crippen MR) is 122 cm³/mol. The van der Waals surface area contributed by atoms with Crippen molar-refractivity contribution in [3.05, 3.63) is 71.8 Å². The molecule has 2 aromatic rings. The molecule has 32 heavy (non-hydrogen) atoms. The van der Waals surface area contributed by atoms with E-state index in [0.717, 1.165) is 0 Å². The van der Waals surface area contributed by atoms with Crippen LogP contribution in [0.2, 0.25) is 0 Å². The fourth-order valence-corrected chi connectivity index (χ4v) is 6.19. The number of hydrogen-bond acceptors (Lipinski definition) is 2. The summed E-state index contributed by atoms with van der Waals surface area (Å²) in [6, 6.07) is 22.4. The quantitative estimate of drug-likeness (QED) is 0.374. The van der Waals surface area contributed by atoms with E-state index >= 15 is 0 Å². The first-order valence-corrected chi connectivity index (χ1v) is 12.0. The smallest absolute Gasteiger partial charge is 0.135 e. The fourth-order valence-electron chi connectivity index (χ4n) is 6.19. The zero-order chi connectivity index (χ0) is 20.3. The largest absolute Gasteiger partial charge is 1.00 e. The van der Waals surface area contributed by atoms with Gasteiger partial charge in [0.1, 0.15) is 26.4 Å². The molecule has 3 heterocycles. The summed E-state index contributed by atoms with van der Waals surface area (Å²) >= 11 is 0. The van der Waals surface area contributed by atoms with Crippen molar-refractivity contribution in [2.45, 2.75) is 25.9 Å². The van der Waals surface area contributed by atoms with Crippen molar-refractivity contribution in [3.63, 3.8) is 0 Å². The van der Waals surface area contributed by atoms with Crippen LogP contribution in [0.3, 0.4) is 0 Å². The van der Waals surface area contributed by atoms with Gasteiger partial charge in [-0.05, 0) is 0 Å². The van der Waals surface area contributed by atoms with Crippen LogP contribution < -0.4 is 34.0 Å². The molecule has 0 saturated carbocycles. The van der Waals surface area contributed by atoms with Gasteiger partial charge < -0.3 is 42.9 Å². The molecule has 4 unspecified atom stereocenters. The molecule has 3 fully saturated rings. The molecule has 3 saturated heterocycles. The lowest BCUT2D eigenvalue weighted by atomic mass is 10.1. The third kappa shape index (κ3) is 6.22. The van der Waals surface area contributed by atoms with Gasteiger partial charge in [0, 0.05) is 37.1 Å². The Kier molecular flexibility index (Phi) is 9.36. The second kappa shape index (κ2) is 11.6. The van der Waals surface area contributed by atoms with E-state index in [4.69, 9.17) is 0 Å². The maximum atomic E-state index is 2.79. The van der Waals surface area contributed by atoms with Gasteiger partial charge in [0.2, 0.25) is 0 Å². The van der Waals surface area contributed by atoms with E-state index in [0.29, 0.717) is 0 Å². The lowest BCUT2D eigenvalue weighted by Crippen LogP contribution is -3.00. The van der Waals surface area contributed by atoms with E-state index in [1.165, 1.54) is 112 Å². The third-order valence-electron chi connectivity index (χ3n) is 7.72. The molecule has 0 aromatic heterocycles. The van der Waals surface area contributed by atoms with E-state index in [2.05, 4.69) is 70.5 Å². The first-order valence-electron chi connectivity index (χ1n) is 12.0. The van der Waals surface area contributed by atoms with Crippen LogP contribution in [0.5, 0.6) is 0 Å². The van der Waals surface area contributed by atoms with Crippen molar-refractivity contribution < 1.29 is 42.9 Å². The first-order chi connectivity index (χ1) is 14.7.